The molecule has 4 nitrogen and oxygen atoms in total. The topological polar surface area (TPSA) is 49.4 Å². The third kappa shape index (κ3) is 5.14. The van der Waals surface area contributed by atoms with Gasteiger partial charge in [-0.2, -0.15) is 0 Å². The minimum Gasteiger partial charge on any atom is -0.357 e. The maximum atomic E-state index is 13.0. The lowest BCUT2D eigenvalue weighted by atomic mass is 10.1. The summed E-state index contributed by atoms with van der Waals surface area (Å²) < 4.78 is 13.0. The average Bonchev–Trinajstić information content (AvgIpc) is 2.61. The Balaban J connectivity index is 2.20. The summed E-state index contributed by atoms with van der Waals surface area (Å²) in [4.78, 5) is 26.4. The average molecular weight is 342 g/mol. The summed E-state index contributed by atoms with van der Waals surface area (Å²) in [5.74, 6) is -0.741. The van der Waals surface area contributed by atoms with Crippen LogP contribution in [0.1, 0.15) is 23.6 Å². The third-order valence-electron chi connectivity index (χ3n) is 4.16. The van der Waals surface area contributed by atoms with Gasteiger partial charge in [0.15, 0.2) is 0 Å². The largest absolute Gasteiger partial charge is 0.357 e. The summed E-state index contributed by atoms with van der Waals surface area (Å²) in [5.41, 5.74) is 2.80. The van der Waals surface area contributed by atoms with Crippen molar-refractivity contribution >= 4 is 11.8 Å². The molecule has 0 bridgehead atoms. The number of carbonyl (C=O) groups is 2. The van der Waals surface area contributed by atoms with Crippen molar-refractivity contribution in [3.63, 3.8) is 0 Å². The van der Waals surface area contributed by atoms with E-state index in [0.29, 0.717) is 12.1 Å². The minimum atomic E-state index is -0.598. The molecule has 0 unspecified atom stereocenters. The van der Waals surface area contributed by atoms with E-state index in [1.807, 2.05) is 31.2 Å². The molecule has 0 aliphatic carbocycles. The van der Waals surface area contributed by atoms with E-state index in [4.69, 9.17) is 0 Å². The molecule has 1 atom stereocenters. The van der Waals surface area contributed by atoms with Crippen molar-refractivity contribution in [2.24, 2.45) is 0 Å². The van der Waals surface area contributed by atoms with Crippen molar-refractivity contribution in [2.75, 3.05) is 7.05 Å². The number of aryl methyl sites for hydroxylation is 1. The van der Waals surface area contributed by atoms with Crippen molar-refractivity contribution in [1.82, 2.24) is 10.2 Å². The van der Waals surface area contributed by atoms with Gasteiger partial charge in [-0.1, -0.05) is 42.0 Å². The fourth-order valence-corrected chi connectivity index (χ4v) is 2.56. The highest BCUT2D eigenvalue weighted by atomic mass is 19.1. The van der Waals surface area contributed by atoms with Crippen LogP contribution in [-0.2, 0) is 22.6 Å². The van der Waals surface area contributed by atoms with Gasteiger partial charge in [0, 0.05) is 13.6 Å². The van der Waals surface area contributed by atoms with Crippen LogP contribution < -0.4 is 5.32 Å². The highest BCUT2D eigenvalue weighted by molar-refractivity contribution is 5.88. The van der Waals surface area contributed by atoms with Gasteiger partial charge in [0.2, 0.25) is 11.8 Å². The molecule has 5 heteroatoms. The molecule has 25 heavy (non-hydrogen) atoms. The maximum absolute atomic E-state index is 13.0. The molecule has 0 aliphatic rings. The Morgan fingerprint density at radius 2 is 1.60 bits per heavy atom. The zero-order valence-electron chi connectivity index (χ0n) is 14.8. The van der Waals surface area contributed by atoms with Gasteiger partial charge in [0.25, 0.3) is 0 Å². The van der Waals surface area contributed by atoms with Crippen LogP contribution in [0.2, 0.25) is 0 Å². The normalized spacial score (nSPS) is 11.7. The van der Waals surface area contributed by atoms with Crippen LogP contribution in [0, 0.1) is 12.7 Å². The van der Waals surface area contributed by atoms with Gasteiger partial charge < -0.3 is 10.2 Å². The van der Waals surface area contributed by atoms with Crippen molar-refractivity contribution in [3.8, 4) is 0 Å². The Labute approximate surface area is 147 Å². The Morgan fingerprint density at radius 1 is 1.04 bits per heavy atom. The Bertz CT molecular complexity index is 726. The number of hydrogen-bond acceptors (Lipinski definition) is 2. The molecule has 2 aromatic carbocycles. The number of rotatable bonds is 6. The fourth-order valence-electron chi connectivity index (χ4n) is 2.56. The molecule has 132 valence electrons. The van der Waals surface area contributed by atoms with Crippen LogP contribution in [-0.4, -0.2) is 29.8 Å². The summed E-state index contributed by atoms with van der Waals surface area (Å²) in [6.45, 7) is 4.04. The van der Waals surface area contributed by atoms with Crippen LogP contribution in [0.3, 0.4) is 0 Å². The molecule has 0 fully saturated rings. The number of nitrogens with zero attached hydrogens (tertiary/aromatic N) is 1. The van der Waals surface area contributed by atoms with Gasteiger partial charge in [-0.05, 0) is 37.1 Å². The van der Waals surface area contributed by atoms with Crippen molar-refractivity contribution in [2.45, 2.75) is 32.9 Å². The SMILES string of the molecule is CNC(=O)[C@@H](C)N(Cc1ccc(C)cc1)C(=O)Cc1ccc(F)cc1. The quantitative estimate of drug-likeness (QED) is 0.878. The van der Waals surface area contributed by atoms with Crippen LogP contribution >= 0.6 is 0 Å². The molecule has 2 amide bonds. The molecule has 0 saturated heterocycles. The lowest BCUT2D eigenvalue weighted by Crippen LogP contribution is -2.47. The highest BCUT2D eigenvalue weighted by Crippen LogP contribution is 2.13. The number of amides is 2. The van der Waals surface area contributed by atoms with E-state index in [9.17, 15) is 14.0 Å². The van der Waals surface area contributed by atoms with E-state index in [2.05, 4.69) is 5.32 Å². The van der Waals surface area contributed by atoms with E-state index in [1.165, 1.54) is 12.1 Å². The molecule has 0 aromatic heterocycles. The summed E-state index contributed by atoms with van der Waals surface area (Å²) in [6.07, 6.45) is 0.119. The number of nitrogens with one attached hydrogen (secondary N) is 1. The number of hydrogen-bond donors (Lipinski definition) is 1. The summed E-state index contributed by atoms with van der Waals surface area (Å²) in [7, 11) is 1.55. The number of carbonyl (C=O) groups excluding carboxylic acids is 2. The molecular formula is C20H23FN2O2. The Morgan fingerprint density at radius 3 is 2.16 bits per heavy atom. The first kappa shape index (κ1) is 18.6. The second kappa shape index (κ2) is 8.42. The lowest BCUT2D eigenvalue weighted by molar-refractivity contribution is -0.139. The van der Waals surface area contributed by atoms with E-state index < -0.39 is 6.04 Å². The third-order valence-corrected chi connectivity index (χ3v) is 4.16. The molecule has 2 aromatic rings. The molecular weight excluding hydrogens is 319 g/mol. The van der Waals surface area contributed by atoms with Gasteiger partial charge >= 0.3 is 0 Å². The van der Waals surface area contributed by atoms with Gasteiger partial charge in [0.1, 0.15) is 11.9 Å². The Kier molecular flexibility index (Phi) is 6.28. The molecule has 0 spiro atoms. The zero-order valence-corrected chi connectivity index (χ0v) is 14.8. The second-order valence-corrected chi connectivity index (χ2v) is 6.10. The van der Waals surface area contributed by atoms with Crippen LogP contribution in [0.15, 0.2) is 48.5 Å². The van der Waals surface area contributed by atoms with Crippen LogP contribution in [0.4, 0.5) is 4.39 Å². The first-order valence-electron chi connectivity index (χ1n) is 8.21. The highest BCUT2D eigenvalue weighted by Gasteiger charge is 2.25. The van der Waals surface area contributed by atoms with Crippen molar-refractivity contribution in [1.29, 1.82) is 0 Å². The molecule has 0 saturated carbocycles. The van der Waals surface area contributed by atoms with Crippen molar-refractivity contribution in [3.05, 3.63) is 71.0 Å². The van der Waals surface area contributed by atoms with Gasteiger partial charge in [0.05, 0.1) is 6.42 Å². The number of halogens is 1. The zero-order chi connectivity index (χ0) is 18.4. The van der Waals surface area contributed by atoms with E-state index in [1.54, 1.807) is 31.0 Å². The molecule has 0 heterocycles. The smallest absolute Gasteiger partial charge is 0.242 e. The van der Waals surface area contributed by atoms with E-state index in [0.717, 1.165) is 11.1 Å². The monoisotopic (exact) mass is 342 g/mol. The van der Waals surface area contributed by atoms with Crippen LogP contribution in [0.5, 0.6) is 0 Å². The van der Waals surface area contributed by atoms with Gasteiger partial charge in [-0.15, -0.1) is 0 Å². The minimum absolute atomic E-state index is 0.119. The maximum Gasteiger partial charge on any atom is 0.242 e. The van der Waals surface area contributed by atoms with E-state index in [-0.39, 0.29) is 24.1 Å². The summed E-state index contributed by atoms with van der Waals surface area (Å²) >= 11 is 0. The standard InChI is InChI=1S/C20H23FN2O2/c1-14-4-6-17(7-5-14)13-23(15(2)20(25)22-3)19(24)12-16-8-10-18(21)11-9-16/h4-11,15H,12-13H2,1-3H3,(H,22,25)/t15-/m1/s1. The molecule has 1 N–H and O–H groups in total. The van der Waals surface area contributed by atoms with Gasteiger partial charge in [-0.25, -0.2) is 4.39 Å². The molecule has 2 rings (SSSR count). The van der Waals surface area contributed by atoms with Gasteiger partial charge in [-0.3, -0.25) is 9.59 Å². The second-order valence-electron chi connectivity index (χ2n) is 6.10. The number of benzene rings is 2. The Hall–Kier alpha value is -2.69. The predicted molar refractivity (Wildman–Crippen MR) is 95.4 cm³/mol. The first-order chi connectivity index (χ1) is 11.9. The van der Waals surface area contributed by atoms with Crippen molar-refractivity contribution < 1.29 is 14.0 Å². The first-order valence-corrected chi connectivity index (χ1v) is 8.21. The summed E-state index contributed by atoms with van der Waals surface area (Å²) in [5, 5.41) is 2.58. The predicted octanol–water partition coefficient (Wildman–Crippen LogP) is 2.84. The fraction of sp³-hybridized carbons (Fsp3) is 0.300. The lowest BCUT2D eigenvalue weighted by Gasteiger charge is -2.28. The molecule has 0 aliphatic heterocycles. The summed E-state index contributed by atoms with van der Waals surface area (Å²) in [6, 6.07) is 13.1. The molecule has 0 radical (unpaired) electrons. The van der Waals surface area contributed by atoms with Crippen LogP contribution in [0.25, 0.3) is 0 Å². The number of likely N-dealkylation sites (N-methyl/N-ethyl adjacent to an activating group) is 1. The van der Waals surface area contributed by atoms with E-state index >= 15 is 0 Å².